The maximum Gasteiger partial charge on any atom is 0.263 e. The van der Waals surface area contributed by atoms with Crippen LogP contribution in [0.1, 0.15) is 31.5 Å². The van der Waals surface area contributed by atoms with Crippen LogP contribution in [-0.2, 0) is 0 Å². The molecule has 3 rings (SSSR count). The van der Waals surface area contributed by atoms with Gasteiger partial charge in [0.05, 0.1) is 11.4 Å². The Morgan fingerprint density at radius 2 is 1.70 bits per heavy atom. The van der Waals surface area contributed by atoms with Gasteiger partial charge in [-0.3, -0.25) is 25.0 Å². The van der Waals surface area contributed by atoms with Gasteiger partial charge in [0.2, 0.25) is 10.9 Å². The minimum Gasteiger partial charge on any atom is -0.354 e. The van der Waals surface area contributed by atoms with Crippen LogP contribution in [0.15, 0.2) is 53.9 Å². The van der Waals surface area contributed by atoms with Crippen LogP contribution in [0.25, 0.3) is 0 Å². The quantitative estimate of drug-likeness (QED) is 0.386. The first-order valence-corrected chi connectivity index (χ1v) is 8.82. The van der Waals surface area contributed by atoms with Gasteiger partial charge < -0.3 is 5.32 Å². The Morgan fingerprint density at radius 1 is 1.04 bits per heavy atom. The summed E-state index contributed by atoms with van der Waals surface area (Å²) in [6.45, 7) is 1.73. The van der Waals surface area contributed by atoms with Gasteiger partial charge in [0.1, 0.15) is 10.6 Å². The predicted octanol–water partition coefficient (Wildman–Crippen LogP) is 2.30. The van der Waals surface area contributed by atoms with Gasteiger partial charge in [0.15, 0.2) is 5.71 Å². The highest BCUT2D eigenvalue weighted by atomic mass is 32.1. The van der Waals surface area contributed by atoms with E-state index in [1.807, 2.05) is 0 Å². The van der Waals surface area contributed by atoms with E-state index in [-0.39, 0.29) is 23.1 Å². The third-order valence-electron chi connectivity index (χ3n) is 3.51. The number of hydrogen-bond donors (Lipinski definition) is 2. The Balaban J connectivity index is 1.94. The fourth-order valence-electron chi connectivity index (χ4n) is 2.22. The number of carbonyl (C=O) groups is 2. The summed E-state index contributed by atoms with van der Waals surface area (Å²) >= 11 is 1.15. The molecule has 0 aliphatic rings. The molecule has 0 unspecified atom stereocenters. The Hall–Kier alpha value is -3.46. The fourth-order valence-corrected chi connectivity index (χ4v) is 3.07. The van der Waals surface area contributed by atoms with E-state index in [9.17, 15) is 9.59 Å². The highest BCUT2D eigenvalue weighted by Gasteiger charge is 2.19. The largest absolute Gasteiger partial charge is 0.354 e. The number of rotatable bonds is 6. The molecule has 8 nitrogen and oxygen atoms in total. The molecule has 0 bridgehead atoms. The van der Waals surface area contributed by atoms with Gasteiger partial charge in [0, 0.05) is 19.4 Å². The summed E-state index contributed by atoms with van der Waals surface area (Å²) < 4.78 is 0. The van der Waals surface area contributed by atoms with Crippen molar-refractivity contribution in [1.29, 1.82) is 0 Å². The van der Waals surface area contributed by atoms with E-state index in [2.05, 4.69) is 30.8 Å². The number of thiazole rings is 1. The maximum atomic E-state index is 12.8. The molecule has 0 aromatic carbocycles. The maximum absolute atomic E-state index is 12.8. The molecule has 3 aromatic heterocycles. The Labute approximate surface area is 159 Å². The average Bonchev–Trinajstić information content (AvgIpc) is 3.09. The molecule has 0 radical (unpaired) electrons. The standard InChI is InChI=1S/C18H16N6O2S/c1-11-16(17(26)19-2)27-18(22-11)24-23-14(12-7-3-5-9-20-12)15(25)13-8-4-6-10-21-13/h3-10H,1-2H3,(H,19,26)(H,22,24)/b23-14-. The molecule has 0 aliphatic carbocycles. The van der Waals surface area contributed by atoms with Crippen molar-refractivity contribution in [1.82, 2.24) is 20.3 Å². The Kier molecular flexibility index (Phi) is 5.62. The van der Waals surface area contributed by atoms with Crippen LogP contribution < -0.4 is 10.7 Å². The van der Waals surface area contributed by atoms with Crippen molar-refractivity contribution < 1.29 is 9.59 Å². The molecule has 0 spiro atoms. The summed E-state index contributed by atoms with van der Waals surface area (Å²) in [7, 11) is 1.55. The molecule has 0 fully saturated rings. The van der Waals surface area contributed by atoms with Gasteiger partial charge in [-0.25, -0.2) is 4.98 Å². The van der Waals surface area contributed by atoms with Crippen molar-refractivity contribution in [3.05, 3.63) is 70.8 Å². The summed E-state index contributed by atoms with van der Waals surface area (Å²) in [5.41, 5.74) is 4.10. The molecule has 9 heteroatoms. The first kappa shape index (κ1) is 18.3. The number of nitrogens with zero attached hydrogens (tertiary/aromatic N) is 4. The van der Waals surface area contributed by atoms with Crippen molar-refractivity contribution in [2.75, 3.05) is 12.5 Å². The van der Waals surface area contributed by atoms with Crippen molar-refractivity contribution >= 4 is 33.9 Å². The number of nitrogens with one attached hydrogen (secondary N) is 2. The normalized spacial score (nSPS) is 11.1. The number of hydrazone groups is 1. The number of aryl methyl sites for hydroxylation is 1. The van der Waals surface area contributed by atoms with E-state index < -0.39 is 0 Å². The fraction of sp³-hybridized carbons (Fsp3) is 0.111. The molecule has 3 heterocycles. The van der Waals surface area contributed by atoms with Crippen molar-refractivity contribution in [3.8, 4) is 0 Å². The summed E-state index contributed by atoms with van der Waals surface area (Å²) in [6, 6.07) is 10.3. The van der Waals surface area contributed by atoms with Crippen LogP contribution in [0.2, 0.25) is 0 Å². The molecule has 0 atom stereocenters. The molecule has 1 amide bonds. The smallest absolute Gasteiger partial charge is 0.263 e. The predicted molar refractivity (Wildman–Crippen MR) is 103 cm³/mol. The third kappa shape index (κ3) is 4.21. The lowest BCUT2D eigenvalue weighted by Crippen LogP contribution is -2.20. The van der Waals surface area contributed by atoms with Crippen LogP contribution in [0.4, 0.5) is 5.13 Å². The van der Waals surface area contributed by atoms with Crippen molar-refractivity contribution in [3.63, 3.8) is 0 Å². The van der Waals surface area contributed by atoms with Crippen LogP contribution in [-0.4, -0.2) is 39.4 Å². The molecule has 136 valence electrons. The monoisotopic (exact) mass is 380 g/mol. The van der Waals surface area contributed by atoms with E-state index in [0.29, 0.717) is 21.4 Å². The second-order valence-electron chi connectivity index (χ2n) is 5.34. The van der Waals surface area contributed by atoms with Crippen LogP contribution >= 0.6 is 11.3 Å². The zero-order chi connectivity index (χ0) is 19.2. The average molecular weight is 380 g/mol. The second kappa shape index (κ2) is 8.28. The van der Waals surface area contributed by atoms with Crippen molar-refractivity contribution in [2.24, 2.45) is 5.10 Å². The first-order valence-electron chi connectivity index (χ1n) is 8.00. The number of Topliss-reactive ketones (excluding diaryl/α,β-unsaturated/α-hetero) is 1. The van der Waals surface area contributed by atoms with Crippen molar-refractivity contribution in [2.45, 2.75) is 6.92 Å². The van der Waals surface area contributed by atoms with Crippen LogP contribution in [0.5, 0.6) is 0 Å². The van der Waals surface area contributed by atoms with Gasteiger partial charge in [-0.2, -0.15) is 5.10 Å². The summed E-state index contributed by atoms with van der Waals surface area (Å²) in [5, 5.41) is 7.17. The molecule has 27 heavy (non-hydrogen) atoms. The SMILES string of the molecule is CNC(=O)c1sc(N/N=C(\C(=O)c2ccccn2)c2ccccn2)nc1C. The zero-order valence-corrected chi connectivity index (χ0v) is 15.4. The number of amides is 1. The zero-order valence-electron chi connectivity index (χ0n) is 14.6. The molecular formula is C18H16N6O2S. The van der Waals surface area contributed by atoms with E-state index in [1.54, 1.807) is 56.6 Å². The number of anilines is 1. The van der Waals surface area contributed by atoms with Gasteiger partial charge in [-0.1, -0.05) is 23.5 Å². The van der Waals surface area contributed by atoms with Gasteiger partial charge >= 0.3 is 0 Å². The number of carbonyl (C=O) groups excluding carboxylic acids is 2. The molecule has 0 saturated carbocycles. The van der Waals surface area contributed by atoms with E-state index >= 15 is 0 Å². The lowest BCUT2D eigenvalue weighted by atomic mass is 10.1. The van der Waals surface area contributed by atoms with Crippen LogP contribution in [0, 0.1) is 6.92 Å². The van der Waals surface area contributed by atoms with Gasteiger partial charge in [-0.15, -0.1) is 0 Å². The molecule has 2 N–H and O–H groups in total. The van der Waals surface area contributed by atoms with Gasteiger partial charge in [0.25, 0.3) is 5.91 Å². The summed E-state index contributed by atoms with van der Waals surface area (Å²) in [6.07, 6.45) is 3.12. The minimum absolute atomic E-state index is 0.101. The minimum atomic E-state index is -0.374. The molecule has 3 aromatic rings. The second-order valence-corrected chi connectivity index (χ2v) is 6.34. The number of pyridine rings is 2. The number of aromatic nitrogens is 3. The topological polar surface area (TPSA) is 109 Å². The van der Waals surface area contributed by atoms with Crippen LogP contribution in [0.3, 0.4) is 0 Å². The number of ketones is 1. The molecular weight excluding hydrogens is 364 g/mol. The van der Waals surface area contributed by atoms with E-state index in [1.165, 1.54) is 6.20 Å². The highest BCUT2D eigenvalue weighted by molar-refractivity contribution is 7.17. The van der Waals surface area contributed by atoms with Gasteiger partial charge in [-0.05, 0) is 31.2 Å². The first-order chi connectivity index (χ1) is 13.1. The van der Waals surface area contributed by atoms with E-state index in [0.717, 1.165) is 11.3 Å². The number of hydrogen-bond acceptors (Lipinski definition) is 8. The van der Waals surface area contributed by atoms with E-state index in [4.69, 9.17) is 0 Å². The summed E-state index contributed by atoms with van der Waals surface area (Å²) in [5.74, 6) is -0.599. The molecule has 0 aliphatic heterocycles. The Bertz CT molecular complexity index is 986. The summed E-state index contributed by atoms with van der Waals surface area (Å²) in [4.78, 5) is 37.7. The molecule has 0 saturated heterocycles. The lowest BCUT2D eigenvalue weighted by Gasteiger charge is -2.05. The lowest BCUT2D eigenvalue weighted by molar-refractivity contribution is 0.0965. The third-order valence-corrected chi connectivity index (χ3v) is 4.57. The Morgan fingerprint density at radius 3 is 2.30 bits per heavy atom. The highest BCUT2D eigenvalue weighted by Crippen LogP contribution is 2.22.